The fourth-order valence-electron chi connectivity index (χ4n) is 1.01. The summed E-state index contributed by atoms with van der Waals surface area (Å²) in [6, 6.07) is 0. The van der Waals surface area contributed by atoms with E-state index in [2.05, 4.69) is 5.10 Å². The molecule has 5 nitrogen and oxygen atoms in total. The molecule has 8 heteroatoms. The second-order valence-corrected chi connectivity index (χ2v) is 4.28. The molecule has 0 aliphatic heterocycles. The molecule has 0 radical (unpaired) electrons. The Morgan fingerprint density at radius 3 is 2.47 bits per heavy atom. The Bertz CT molecular complexity index is 406. The number of hydrogen-bond donors (Lipinski definition) is 2. The Morgan fingerprint density at radius 2 is 2.00 bits per heavy atom. The molecule has 17 heavy (non-hydrogen) atoms. The van der Waals surface area contributed by atoms with Gasteiger partial charge >= 0.3 is 12.3 Å². The molecule has 1 amide bonds. The molecule has 0 spiro atoms. The second kappa shape index (κ2) is 4.27. The topological polar surface area (TPSA) is 67.0 Å². The van der Waals surface area contributed by atoms with Crippen LogP contribution in [0, 0.1) is 0 Å². The minimum absolute atomic E-state index is 0.466. The van der Waals surface area contributed by atoms with E-state index in [0.717, 1.165) is 6.20 Å². The van der Waals surface area contributed by atoms with Crippen LogP contribution in [0.5, 0.6) is 0 Å². The van der Waals surface area contributed by atoms with Crippen LogP contribution in [0.3, 0.4) is 0 Å². The number of amides is 1. The monoisotopic (exact) mass is 251 g/mol. The van der Waals surface area contributed by atoms with Gasteiger partial charge in [-0.2, -0.15) is 18.3 Å². The number of H-pyrrole nitrogens is 1. The molecular weight excluding hydrogens is 239 g/mol. The van der Waals surface area contributed by atoms with Crippen LogP contribution >= 0.6 is 0 Å². The van der Waals surface area contributed by atoms with Crippen LogP contribution in [0.15, 0.2) is 6.20 Å². The van der Waals surface area contributed by atoms with E-state index in [-0.39, 0.29) is 0 Å². The molecule has 0 aromatic carbocycles. The summed E-state index contributed by atoms with van der Waals surface area (Å²) in [5.74, 6) is 0. The normalized spacial score (nSPS) is 12.4. The zero-order chi connectivity index (χ0) is 13.3. The number of carbonyl (C=O) groups excluding carboxylic acids is 1. The van der Waals surface area contributed by atoms with Gasteiger partial charge in [-0.1, -0.05) is 0 Å². The standard InChI is InChI=1S/C9H12F3N3O2/c1-8(2,3)17-7(16)14-5-4-13-15-6(5)9(10,11)12/h4H,1-3H3,(H,13,15)(H,14,16). The Morgan fingerprint density at radius 1 is 1.41 bits per heavy atom. The van der Waals surface area contributed by atoms with E-state index in [1.54, 1.807) is 25.9 Å². The number of alkyl halides is 3. The smallest absolute Gasteiger partial charge is 0.434 e. The van der Waals surface area contributed by atoms with Crippen molar-refractivity contribution in [1.82, 2.24) is 10.2 Å². The van der Waals surface area contributed by atoms with Crippen LogP contribution < -0.4 is 5.32 Å². The molecule has 0 unspecified atom stereocenters. The molecule has 0 aliphatic rings. The van der Waals surface area contributed by atoms with Gasteiger partial charge in [-0.15, -0.1) is 0 Å². The molecule has 1 heterocycles. The van der Waals surface area contributed by atoms with Crippen molar-refractivity contribution in [3.8, 4) is 0 Å². The fourth-order valence-corrected chi connectivity index (χ4v) is 1.01. The van der Waals surface area contributed by atoms with Gasteiger partial charge in [-0.3, -0.25) is 10.4 Å². The number of nitrogens with zero attached hydrogens (tertiary/aromatic N) is 1. The van der Waals surface area contributed by atoms with Gasteiger partial charge in [-0.05, 0) is 20.8 Å². The van der Waals surface area contributed by atoms with Crippen molar-refractivity contribution in [3.63, 3.8) is 0 Å². The van der Waals surface area contributed by atoms with Gasteiger partial charge in [0.2, 0.25) is 0 Å². The number of hydrogen-bond acceptors (Lipinski definition) is 3. The van der Waals surface area contributed by atoms with Crippen LogP contribution in [0.25, 0.3) is 0 Å². The highest BCUT2D eigenvalue weighted by molar-refractivity contribution is 5.85. The van der Waals surface area contributed by atoms with Crippen molar-refractivity contribution in [1.29, 1.82) is 0 Å². The maximum absolute atomic E-state index is 12.4. The van der Waals surface area contributed by atoms with Crippen LogP contribution in [0.1, 0.15) is 26.5 Å². The number of aromatic nitrogens is 2. The highest BCUT2D eigenvalue weighted by atomic mass is 19.4. The highest BCUT2D eigenvalue weighted by Gasteiger charge is 2.36. The lowest BCUT2D eigenvalue weighted by Gasteiger charge is -2.19. The summed E-state index contributed by atoms with van der Waals surface area (Å²) in [7, 11) is 0. The van der Waals surface area contributed by atoms with Crippen molar-refractivity contribution in [2.45, 2.75) is 32.5 Å². The van der Waals surface area contributed by atoms with Crippen LogP contribution in [-0.2, 0) is 10.9 Å². The Balaban J connectivity index is 2.77. The zero-order valence-corrected chi connectivity index (χ0v) is 9.47. The quantitative estimate of drug-likeness (QED) is 0.806. The third-order valence-electron chi connectivity index (χ3n) is 1.56. The zero-order valence-electron chi connectivity index (χ0n) is 9.47. The first kappa shape index (κ1) is 13.3. The SMILES string of the molecule is CC(C)(C)OC(=O)Nc1cn[nH]c1C(F)(F)F. The summed E-state index contributed by atoms with van der Waals surface area (Å²) in [5.41, 5.74) is -2.37. The fraction of sp³-hybridized carbons (Fsp3) is 0.556. The first-order valence-corrected chi connectivity index (χ1v) is 4.70. The molecule has 1 rings (SSSR count). The van der Waals surface area contributed by atoms with Crippen molar-refractivity contribution in [2.24, 2.45) is 0 Å². The van der Waals surface area contributed by atoms with E-state index in [0.29, 0.717) is 0 Å². The van der Waals surface area contributed by atoms with Gasteiger partial charge in [0.05, 0.1) is 11.9 Å². The summed E-state index contributed by atoms with van der Waals surface area (Å²) in [6.45, 7) is 4.81. The largest absolute Gasteiger partial charge is 0.444 e. The molecule has 0 bridgehead atoms. The molecule has 0 fully saturated rings. The lowest BCUT2D eigenvalue weighted by molar-refractivity contribution is -0.140. The van der Waals surface area contributed by atoms with Gasteiger partial charge in [0.25, 0.3) is 0 Å². The summed E-state index contributed by atoms with van der Waals surface area (Å²) < 4.78 is 42.0. The molecule has 1 aromatic heterocycles. The minimum Gasteiger partial charge on any atom is -0.444 e. The van der Waals surface area contributed by atoms with Gasteiger partial charge in [0.15, 0.2) is 5.69 Å². The lowest BCUT2D eigenvalue weighted by Crippen LogP contribution is -2.27. The predicted octanol–water partition coefficient (Wildman–Crippen LogP) is 2.78. The number of halogens is 3. The third kappa shape index (κ3) is 3.97. The second-order valence-electron chi connectivity index (χ2n) is 4.28. The van der Waals surface area contributed by atoms with Crippen molar-refractivity contribution in [2.75, 3.05) is 5.32 Å². The van der Waals surface area contributed by atoms with Gasteiger partial charge < -0.3 is 4.74 Å². The maximum atomic E-state index is 12.4. The minimum atomic E-state index is -4.61. The van der Waals surface area contributed by atoms with E-state index in [4.69, 9.17) is 4.74 Å². The molecule has 0 atom stereocenters. The molecule has 1 aromatic rings. The van der Waals surface area contributed by atoms with E-state index in [1.807, 2.05) is 5.32 Å². The summed E-state index contributed by atoms with van der Waals surface area (Å²) in [5, 5.41) is 6.97. The van der Waals surface area contributed by atoms with E-state index < -0.39 is 29.3 Å². The first-order chi connectivity index (χ1) is 7.59. The van der Waals surface area contributed by atoms with Crippen LogP contribution in [0.2, 0.25) is 0 Å². The lowest BCUT2D eigenvalue weighted by atomic mass is 10.2. The van der Waals surface area contributed by atoms with Crippen molar-refractivity contribution >= 4 is 11.8 Å². The van der Waals surface area contributed by atoms with Crippen molar-refractivity contribution in [3.05, 3.63) is 11.9 Å². The van der Waals surface area contributed by atoms with Gasteiger partial charge in [-0.25, -0.2) is 4.79 Å². The molecule has 96 valence electrons. The number of rotatable bonds is 1. The number of carbonyl (C=O) groups is 1. The van der Waals surface area contributed by atoms with Crippen molar-refractivity contribution < 1.29 is 22.7 Å². The number of aromatic amines is 1. The molecule has 0 aliphatic carbocycles. The molecule has 2 N–H and O–H groups in total. The average Bonchev–Trinajstić information content (AvgIpc) is 2.46. The average molecular weight is 251 g/mol. The molecule has 0 saturated heterocycles. The Hall–Kier alpha value is -1.73. The maximum Gasteiger partial charge on any atom is 0.434 e. The van der Waals surface area contributed by atoms with E-state index in [1.165, 1.54) is 0 Å². The Labute approximate surface area is 95.3 Å². The van der Waals surface area contributed by atoms with Gasteiger partial charge in [0, 0.05) is 0 Å². The van der Waals surface area contributed by atoms with Crippen LogP contribution in [0.4, 0.5) is 23.7 Å². The number of ether oxygens (including phenoxy) is 1. The summed E-state index contributed by atoms with van der Waals surface area (Å²) in [4.78, 5) is 11.3. The molecular formula is C9H12F3N3O2. The first-order valence-electron chi connectivity index (χ1n) is 4.70. The van der Waals surface area contributed by atoms with Gasteiger partial charge in [0.1, 0.15) is 5.60 Å². The Kier molecular flexibility index (Phi) is 3.35. The van der Waals surface area contributed by atoms with E-state index in [9.17, 15) is 18.0 Å². The number of anilines is 1. The molecule has 0 saturated carbocycles. The predicted molar refractivity (Wildman–Crippen MR) is 53.4 cm³/mol. The van der Waals surface area contributed by atoms with E-state index >= 15 is 0 Å². The number of nitrogens with one attached hydrogen (secondary N) is 2. The third-order valence-corrected chi connectivity index (χ3v) is 1.56. The summed E-state index contributed by atoms with van der Waals surface area (Å²) in [6.07, 6.45) is -4.71. The van der Waals surface area contributed by atoms with Crippen LogP contribution in [-0.4, -0.2) is 21.9 Å². The highest BCUT2D eigenvalue weighted by Crippen LogP contribution is 2.32. The summed E-state index contributed by atoms with van der Waals surface area (Å²) >= 11 is 0.